The van der Waals surface area contributed by atoms with Crippen LogP contribution in [0.2, 0.25) is 0 Å². The Morgan fingerprint density at radius 1 is 1.50 bits per heavy atom. The van der Waals surface area contributed by atoms with Crippen LogP contribution in [-0.4, -0.2) is 24.1 Å². The fraction of sp³-hybridized carbons (Fsp3) is 1.00. The van der Waals surface area contributed by atoms with Gasteiger partial charge in [-0.05, 0) is 12.8 Å². The van der Waals surface area contributed by atoms with E-state index in [9.17, 15) is 0 Å². The van der Waals surface area contributed by atoms with Crippen molar-refractivity contribution in [3.05, 3.63) is 0 Å². The number of nitrogens with zero attached hydrogens (tertiary/aromatic N) is 1. The molecule has 1 heterocycles. The molecule has 8 heavy (non-hydrogen) atoms. The van der Waals surface area contributed by atoms with E-state index in [1.54, 1.807) is 5.01 Å². The number of hydrogen-bond acceptors (Lipinski definition) is 3. The molecule has 0 saturated carbocycles. The van der Waals surface area contributed by atoms with Crippen molar-refractivity contribution >= 4 is 0 Å². The Morgan fingerprint density at radius 2 is 2.25 bits per heavy atom. The highest BCUT2D eigenvalue weighted by atomic mass is 15.4. The topological polar surface area (TPSA) is 55.3 Å². The molecule has 3 nitrogen and oxygen atoms in total. The molecule has 0 bridgehead atoms. The number of hydrogen-bond donors (Lipinski definition) is 2. The minimum absolute atomic E-state index is 0.314. The normalized spacial score (nSPS) is 33.0. The zero-order valence-corrected chi connectivity index (χ0v) is 5.01. The van der Waals surface area contributed by atoms with Crippen molar-refractivity contribution in [2.45, 2.75) is 18.9 Å². The summed E-state index contributed by atoms with van der Waals surface area (Å²) in [4.78, 5) is 0. The third-order valence-electron chi connectivity index (χ3n) is 1.49. The zero-order valence-electron chi connectivity index (χ0n) is 5.01. The Bertz CT molecular complexity index is 66.1. The Morgan fingerprint density at radius 3 is 2.62 bits per heavy atom. The van der Waals surface area contributed by atoms with Crippen LogP contribution < -0.4 is 11.6 Å². The van der Waals surface area contributed by atoms with Crippen LogP contribution >= 0.6 is 0 Å². The second-order valence-corrected chi connectivity index (χ2v) is 2.40. The SMILES string of the molecule is N[C@@H]1CCCN(N)C1. The van der Waals surface area contributed by atoms with Crippen molar-refractivity contribution in [3.63, 3.8) is 0 Å². The zero-order chi connectivity index (χ0) is 5.98. The van der Waals surface area contributed by atoms with Gasteiger partial charge in [0.2, 0.25) is 0 Å². The first-order chi connectivity index (χ1) is 3.79. The minimum Gasteiger partial charge on any atom is -0.326 e. The van der Waals surface area contributed by atoms with Crippen molar-refractivity contribution in [3.8, 4) is 0 Å². The van der Waals surface area contributed by atoms with Gasteiger partial charge in [0.1, 0.15) is 0 Å². The molecule has 1 saturated heterocycles. The van der Waals surface area contributed by atoms with Gasteiger partial charge in [-0.1, -0.05) is 0 Å². The fourth-order valence-corrected chi connectivity index (χ4v) is 1.04. The van der Waals surface area contributed by atoms with Gasteiger partial charge in [0.05, 0.1) is 0 Å². The van der Waals surface area contributed by atoms with E-state index in [4.69, 9.17) is 11.6 Å². The summed E-state index contributed by atoms with van der Waals surface area (Å²) >= 11 is 0. The highest BCUT2D eigenvalue weighted by Gasteiger charge is 2.12. The molecule has 0 amide bonds. The van der Waals surface area contributed by atoms with Crippen molar-refractivity contribution in [1.82, 2.24) is 5.01 Å². The van der Waals surface area contributed by atoms with E-state index >= 15 is 0 Å². The van der Waals surface area contributed by atoms with Crippen LogP contribution in [0.1, 0.15) is 12.8 Å². The van der Waals surface area contributed by atoms with Gasteiger partial charge < -0.3 is 5.73 Å². The summed E-state index contributed by atoms with van der Waals surface area (Å²) in [6, 6.07) is 0.314. The van der Waals surface area contributed by atoms with E-state index in [1.165, 1.54) is 0 Å². The monoisotopic (exact) mass is 115 g/mol. The van der Waals surface area contributed by atoms with E-state index in [0.717, 1.165) is 25.9 Å². The maximum absolute atomic E-state index is 5.60. The second-order valence-electron chi connectivity index (χ2n) is 2.40. The van der Waals surface area contributed by atoms with Gasteiger partial charge in [-0.2, -0.15) is 0 Å². The molecule has 48 valence electrons. The first kappa shape index (κ1) is 6.01. The third-order valence-corrected chi connectivity index (χ3v) is 1.49. The van der Waals surface area contributed by atoms with Crippen LogP contribution in [0.15, 0.2) is 0 Å². The first-order valence-corrected chi connectivity index (χ1v) is 3.04. The number of hydrazine groups is 1. The molecule has 1 fully saturated rings. The smallest absolute Gasteiger partial charge is 0.0280 e. The molecule has 0 aromatic heterocycles. The molecule has 3 heteroatoms. The number of piperidine rings is 1. The van der Waals surface area contributed by atoms with Crippen LogP contribution in [-0.2, 0) is 0 Å². The standard InChI is InChI=1S/C5H13N3/c6-5-2-1-3-8(7)4-5/h5H,1-4,6-7H2/t5-/m1/s1. The van der Waals surface area contributed by atoms with Gasteiger partial charge in [-0.3, -0.25) is 5.84 Å². The van der Waals surface area contributed by atoms with Crippen LogP contribution in [0.5, 0.6) is 0 Å². The van der Waals surface area contributed by atoms with E-state index in [-0.39, 0.29) is 0 Å². The van der Waals surface area contributed by atoms with Crippen molar-refractivity contribution < 1.29 is 0 Å². The average Bonchev–Trinajstić information content (AvgIpc) is 1.64. The Kier molecular flexibility index (Phi) is 1.83. The van der Waals surface area contributed by atoms with Crippen LogP contribution in [0.4, 0.5) is 0 Å². The minimum atomic E-state index is 0.314. The Hall–Kier alpha value is -0.120. The molecular weight excluding hydrogens is 102 g/mol. The molecule has 0 aliphatic carbocycles. The summed E-state index contributed by atoms with van der Waals surface area (Å²) < 4.78 is 0. The van der Waals surface area contributed by atoms with Gasteiger partial charge in [0.15, 0.2) is 0 Å². The van der Waals surface area contributed by atoms with Crippen LogP contribution in [0, 0.1) is 0 Å². The molecule has 0 unspecified atom stereocenters. The van der Waals surface area contributed by atoms with E-state index in [2.05, 4.69) is 0 Å². The van der Waals surface area contributed by atoms with E-state index in [0.29, 0.717) is 6.04 Å². The highest BCUT2D eigenvalue weighted by Crippen LogP contribution is 2.02. The molecule has 1 aliphatic rings. The van der Waals surface area contributed by atoms with Gasteiger partial charge >= 0.3 is 0 Å². The first-order valence-electron chi connectivity index (χ1n) is 3.04. The molecule has 1 atom stereocenters. The molecular formula is C5H13N3. The molecule has 1 rings (SSSR count). The van der Waals surface area contributed by atoms with Crippen molar-refractivity contribution in [2.24, 2.45) is 11.6 Å². The van der Waals surface area contributed by atoms with Crippen molar-refractivity contribution in [2.75, 3.05) is 13.1 Å². The number of nitrogens with two attached hydrogens (primary N) is 2. The predicted molar refractivity (Wildman–Crippen MR) is 33.0 cm³/mol. The molecule has 4 N–H and O–H groups in total. The summed E-state index contributed by atoms with van der Waals surface area (Å²) in [6.45, 7) is 1.87. The molecule has 0 radical (unpaired) electrons. The number of rotatable bonds is 0. The highest BCUT2D eigenvalue weighted by molar-refractivity contribution is 4.70. The lowest BCUT2D eigenvalue weighted by Gasteiger charge is -2.25. The maximum Gasteiger partial charge on any atom is 0.0280 e. The molecule has 0 aromatic carbocycles. The second kappa shape index (κ2) is 2.44. The van der Waals surface area contributed by atoms with Gasteiger partial charge in [0.25, 0.3) is 0 Å². The summed E-state index contributed by atoms with van der Waals surface area (Å²) in [7, 11) is 0. The Balaban J connectivity index is 2.23. The van der Waals surface area contributed by atoms with Gasteiger partial charge in [-0.25, -0.2) is 5.01 Å². The maximum atomic E-state index is 5.60. The quantitative estimate of drug-likeness (QED) is 0.410. The van der Waals surface area contributed by atoms with Crippen LogP contribution in [0.25, 0.3) is 0 Å². The van der Waals surface area contributed by atoms with Crippen molar-refractivity contribution in [1.29, 1.82) is 0 Å². The van der Waals surface area contributed by atoms with Crippen LogP contribution in [0.3, 0.4) is 0 Å². The van der Waals surface area contributed by atoms with Gasteiger partial charge in [-0.15, -0.1) is 0 Å². The molecule has 0 aromatic rings. The molecule has 0 spiro atoms. The summed E-state index contributed by atoms with van der Waals surface area (Å²) in [6.07, 6.45) is 2.28. The Labute approximate surface area is 49.6 Å². The third kappa shape index (κ3) is 1.43. The lowest BCUT2D eigenvalue weighted by atomic mass is 10.1. The van der Waals surface area contributed by atoms with E-state index < -0.39 is 0 Å². The summed E-state index contributed by atoms with van der Waals surface area (Å²) in [5, 5.41) is 1.79. The van der Waals surface area contributed by atoms with E-state index in [1.807, 2.05) is 0 Å². The predicted octanol–water partition coefficient (Wildman–Crippen LogP) is -0.717. The van der Waals surface area contributed by atoms with Gasteiger partial charge in [0, 0.05) is 19.1 Å². The molecule has 1 aliphatic heterocycles. The largest absolute Gasteiger partial charge is 0.326 e. The summed E-state index contributed by atoms with van der Waals surface area (Å²) in [5.74, 6) is 5.48. The summed E-state index contributed by atoms with van der Waals surface area (Å²) in [5.41, 5.74) is 5.60. The average molecular weight is 115 g/mol. The lowest BCUT2D eigenvalue weighted by Crippen LogP contribution is -2.46. The fourth-order valence-electron chi connectivity index (χ4n) is 1.04. The lowest BCUT2D eigenvalue weighted by molar-refractivity contribution is 0.214.